The number of nitrogens with one attached hydrogen (secondary N) is 1. The maximum Gasteiger partial charge on any atom is 0.410 e. The van der Waals surface area contributed by atoms with Crippen LogP contribution in [0.1, 0.15) is 46.1 Å². The summed E-state index contributed by atoms with van der Waals surface area (Å²) in [6.45, 7) is 11.3. The van der Waals surface area contributed by atoms with Gasteiger partial charge in [0.25, 0.3) is 0 Å². The largest absolute Gasteiger partial charge is 0.444 e. The lowest BCUT2D eigenvalue weighted by Gasteiger charge is -2.41. The zero-order chi connectivity index (χ0) is 17.1. The average molecular weight is 403 g/mol. The molecule has 1 atom stereocenters. The molecule has 1 N–H and O–H groups in total. The third-order valence-corrected chi connectivity index (χ3v) is 5.49. The van der Waals surface area contributed by atoms with Crippen molar-refractivity contribution in [2.45, 2.75) is 52.7 Å². The fourth-order valence-electron chi connectivity index (χ4n) is 2.89. The van der Waals surface area contributed by atoms with Gasteiger partial charge >= 0.3 is 6.09 Å². The van der Waals surface area contributed by atoms with Gasteiger partial charge in [0.05, 0.1) is 3.79 Å². The maximum absolute atomic E-state index is 12.3. The Kier molecular flexibility index (Phi) is 6.14. The molecule has 1 saturated heterocycles. The normalized spacial score (nSPS) is 22.2. The summed E-state index contributed by atoms with van der Waals surface area (Å²) >= 11 is 5.20. The van der Waals surface area contributed by atoms with Crippen LogP contribution in [-0.2, 0) is 11.3 Å². The third kappa shape index (κ3) is 6.08. The lowest BCUT2D eigenvalue weighted by molar-refractivity contribution is 0.00675. The van der Waals surface area contributed by atoms with Gasteiger partial charge in [-0.05, 0) is 72.0 Å². The highest BCUT2D eigenvalue weighted by Crippen LogP contribution is 2.30. The van der Waals surface area contributed by atoms with E-state index in [4.69, 9.17) is 4.74 Å². The number of ether oxygens (including phenoxy) is 1. The second-order valence-corrected chi connectivity index (χ2v) is 9.97. The summed E-state index contributed by atoms with van der Waals surface area (Å²) in [6.07, 6.45) is 1.97. The van der Waals surface area contributed by atoms with Gasteiger partial charge in [-0.3, -0.25) is 0 Å². The molecule has 2 heterocycles. The molecular formula is C17H27BrN2O2S. The molecule has 1 aromatic heterocycles. The van der Waals surface area contributed by atoms with Crippen LogP contribution >= 0.6 is 27.3 Å². The third-order valence-electron chi connectivity index (χ3n) is 3.94. The van der Waals surface area contributed by atoms with E-state index in [0.717, 1.165) is 42.8 Å². The van der Waals surface area contributed by atoms with E-state index in [1.807, 2.05) is 25.7 Å². The predicted molar refractivity (Wildman–Crippen MR) is 98.9 cm³/mol. The van der Waals surface area contributed by atoms with Crippen molar-refractivity contribution in [3.05, 3.63) is 20.8 Å². The summed E-state index contributed by atoms with van der Waals surface area (Å²) in [4.78, 5) is 14.1. The molecule has 0 radical (unpaired) electrons. The Labute approximate surface area is 151 Å². The number of thiophene rings is 1. The molecule has 6 heteroatoms. The van der Waals surface area contributed by atoms with E-state index < -0.39 is 5.60 Å². The summed E-state index contributed by atoms with van der Waals surface area (Å²) in [5.74, 6) is 0. The molecule has 1 aromatic rings. The highest BCUT2D eigenvalue weighted by molar-refractivity contribution is 9.11. The van der Waals surface area contributed by atoms with Crippen molar-refractivity contribution in [2.75, 3.05) is 19.6 Å². The highest BCUT2D eigenvalue weighted by Gasteiger charge is 2.34. The first-order valence-corrected chi connectivity index (χ1v) is 9.76. The smallest absolute Gasteiger partial charge is 0.410 e. The number of amides is 1. The van der Waals surface area contributed by atoms with Gasteiger partial charge < -0.3 is 15.0 Å². The molecule has 23 heavy (non-hydrogen) atoms. The monoisotopic (exact) mass is 402 g/mol. The molecule has 1 amide bonds. The minimum absolute atomic E-state index is 0.0996. The molecule has 130 valence electrons. The van der Waals surface area contributed by atoms with Crippen LogP contribution in [-0.4, -0.2) is 36.2 Å². The fourth-order valence-corrected chi connectivity index (χ4v) is 4.10. The summed E-state index contributed by atoms with van der Waals surface area (Å²) in [7, 11) is 0. The fraction of sp³-hybridized carbons (Fsp3) is 0.706. The second-order valence-electron chi connectivity index (χ2n) is 7.68. The lowest BCUT2D eigenvalue weighted by Crippen LogP contribution is -2.50. The van der Waals surface area contributed by atoms with E-state index in [1.165, 1.54) is 5.56 Å². The molecule has 0 aliphatic carbocycles. The van der Waals surface area contributed by atoms with Gasteiger partial charge in [0, 0.05) is 26.2 Å². The van der Waals surface area contributed by atoms with Crippen LogP contribution in [0.25, 0.3) is 0 Å². The molecule has 0 bridgehead atoms. The number of hydrogen-bond acceptors (Lipinski definition) is 4. The Morgan fingerprint density at radius 1 is 1.52 bits per heavy atom. The van der Waals surface area contributed by atoms with E-state index in [1.54, 1.807) is 11.3 Å². The first-order valence-electron chi connectivity index (χ1n) is 8.08. The summed E-state index contributed by atoms with van der Waals surface area (Å²) in [5, 5.41) is 5.70. The van der Waals surface area contributed by atoms with Gasteiger partial charge in [-0.15, -0.1) is 11.3 Å². The van der Waals surface area contributed by atoms with Gasteiger partial charge in [-0.2, -0.15) is 0 Å². The molecule has 1 aliphatic rings. The van der Waals surface area contributed by atoms with E-state index in [-0.39, 0.29) is 11.5 Å². The summed E-state index contributed by atoms with van der Waals surface area (Å²) in [6, 6.07) is 2.15. The van der Waals surface area contributed by atoms with Gasteiger partial charge in [0.1, 0.15) is 5.60 Å². The van der Waals surface area contributed by atoms with Crippen molar-refractivity contribution in [1.29, 1.82) is 0 Å². The van der Waals surface area contributed by atoms with Gasteiger partial charge in [-0.25, -0.2) is 4.79 Å². The SMILES string of the molecule is CC1(CNCc2csc(Br)c2)CCCN(C(=O)OC(C)(C)C)C1. The highest BCUT2D eigenvalue weighted by atomic mass is 79.9. The van der Waals surface area contributed by atoms with E-state index in [9.17, 15) is 4.79 Å². The van der Waals surface area contributed by atoms with Gasteiger partial charge in [0.15, 0.2) is 0 Å². The number of rotatable bonds is 4. The van der Waals surface area contributed by atoms with Crippen molar-refractivity contribution < 1.29 is 9.53 Å². The maximum atomic E-state index is 12.3. The predicted octanol–water partition coefficient (Wildman–Crippen LogP) is 4.64. The average Bonchev–Trinajstić information content (AvgIpc) is 2.82. The van der Waals surface area contributed by atoms with Crippen molar-refractivity contribution in [3.63, 3.8) is 0 Å². The molecule has 4 nitrogen and oxygen atoms in total. The molecule has 1 fully saturated rings. The van der Waals surface area contributed by atoms with E-state index in [2.05, 4.69) is 39.6 Å². The molecule has 1 aliphatic heterocycles. The van der Waals surface area contributed by atoms with Crippen LogP contribution in [0.3, 0.4) is 0 Å². The van der Waals surface area contributed by atoms with Gasteiger partial charge in [0.2, 0.25) is 0 Å². The minimum atomic E-state index is -0.435. The Morgan fingerprint density at radius 3 is 2.87 bits per heavy atom. The molecular weight excluding hydrogens is 376 g/mol. The first kappa shape index (κ1) is 18.7. The summed E-state index contributed by atoms with van der Waals surface area (Å²) in [5.41, 5.74) is 0.961. The number of piperidine rings is 1. The van der Waals surface area contributed by atoms with Crippen molar-refractivity contribution >= 4 is 33.4 Å². The Hall–Kier alpha value is -0.590. The molecule has 0 aromatic carbocycles. The van der Waals surface area contributed by atoms with E-state index in [0.29, 0.717) is 0 Å². The van der Waals surface area contributed by atoms with Crippen LogP contribution in [0, 0.1) is 5.41 Å². The number of hydrogen-bond donors (Lipinski definition) is 1. The Morgan fingerprint density at radius 2 is 2.26 bits per heavy atom. The lowest BCUT2D eigenvalue weighted by atomic mass is 9.82. The Balaban J connectivity index is 1.84. The number of halogens is 1. The van der Waals surface area contributed by atoms with Crippen LogP contribution in [0.15, 0.2) is 15.2 Å². The molecule has 0 spiro atoms. The standard InChI is InChI=1S/C17H27BrN2O2S/c1-16(2,3)22-15(21)20-7-5-6-17(4,12-20)11-19-9-13-8-14(18)23-10-13/h8,10,19H,5-7,9,11-12H2,1-4H3. The van der Waals surface area contributed by atoms with Crippen molar-refractivity contribution in [1.82, 2.24) is 10.2 Å². The summed E-state index contributed by atoms with van der Waals surface area (Å²) < 4.78 is 6.67. The number of nitrogens with zero attached hydrogens (tertiary/aromatic N) is 1. The zero-order valence-corrected chi connectivity index (χ0v) is 16.8. The Bertz CT molecular complexity index is 541. The topological polar surface area (TPSA) is 41.6 Å². The van der Waals surface area contributed by atoms with Gasteiger partial charge in [-0.1, -0.05) is 6.92 Å². The molecule has 0 saturated carbocycles. The molecule has 2 rings (SSSR count). The van der Waals surface area contributed by atoms with E-state index >= 15 is 0 Å². The minimum Gasteiger partial charge on any atom is -0.444 e. The van der Waals surface area contributed by atoms with Crippen LogP contribution in [0.5, 0.6) is 0 Å². The zero-order valence-electron chi connectivity index (χ0n) is 14.4. The second kappa shape index (κ2) is 7.53. The number of carbonyl (C=O) groups excluding carboxylic acids is 1. The number of carbonyl (C=O) groups is 1. The number of likely N-dealkylation sites (tertiary alicyclic amines) is 1. The van der Waals surface area contributed by atoms with Crippen LogP contribution in [0.2, 0.25) is 0 Å². The van der Waals surface area contributed by atoms with Crippen LogP contribution in [0.4, 0.5) is 4.79 Å². The van der Waals surface area contributed by atoms with Crippen LogP contribution < -0.4 is 5.32 Å². The van der Waals surface area contributed by atoms with Crippen molar-refractivity contribution in [2.24, 2.45) is 5.41 Å². The van der Waals surface area contributed by atoms with Crippen molar-refractivity contribution in [3.8, 4) is 0 Å². The quantitative estimate of drug-likeness (QED) is 0.797. The molecule has 1 unspecified atom stereocenters. The first-order chi connectivity index (χ1) is 10.7.